The first kappa shape index (κ1) is 15.6. The fraction of sp³-hybridized carbons (Fsp3) is 0.692. The average Bonchev–Trinajstić information content (AvgIpc) is 2.37. The third-order valence-electron chi connectivity index (χ3n) is 3.50. The molecule has 0 unspecified atom stereocenters. The zero-order valence-corrected chi connectivity index (χ0v) is 13.4. The molecule has 0 aliphatic heterocycles. The van der Waals surface area contributed by atoms with E-state index >= 15 is 0 Å². The summed E-state index contributed by atoms with van der Waals surface area (Å²) in [6, 6.07) is 0. The van der Waals surface area contributed by atoms with Crippen LogP contribution in [-0.4, -0.2) is 27.5 Å². The highest BCUT2D eigenvalue weighted by atomic mass is 35.5. The molecule has 0 fully saturated rings. The molecule has 102 valence electrons. The van der Waals surface area contributed by atoms with Gasteiger partial charge in [-0.3, -0.25) is 0 Å². The molecular formula is C13H22ClN3S. The van der Waals surface area contributed by atoms with Crippen LogP contribution in [0.2, 0.25) is 5.15 Å². The highest BCUT2D eigenvalue weighted by Gasteiger charge is 2.25. The number of rotatable bonds is 6. The molecule has 0 aromatic carbocycles. The molecule has 1 aromatic rings. The van der Waals surface area contributed by atoms with Crippen molar-refractivity contribution in [1.82, 2.24) is 9.97 Å². The molecular weight excluding hydrogens is 266 g/mol. The van der Waals surface area contributed by atoms with Gasteiger partial charge in [0.05, 0.1) is 0 Å². The number of hydrogen-bond donors (Lipinski definition) is 1. The lowest BCUT2D eigenvalue weighted by atomic mass is 10.0. The number of aryl methyl sites for hydroxylation is 1. The van der Waals surface area contributed by atoms with E-state index in [2.05, 4.69) is 35.4 Å². The van der Waals surface area contributed by atoms with E-state index in [1.54, 1.807) is 0 Å². The molecule has 5 heteroatoms. The van der Waals surface area contributed by atoms with Gasteiger partial charge >= 0.3 is 0 Å². The Balaban J connectivity index is 2.86. The van der Waals surface area contributed by atoms with Gasteiger partial charge in [0.15, 0.2) is 0 Å². The molecule has 1 N–H and O–H groups in total. The molecule has 18 heavy (non-hydrogen) atoms. The highest BCUT2D eigenvalue weighted by Crippen LogP contribution is 2.31. The highest BCUT2D eigenvalue weighted by molar-refractivity contribution is 8.00. The van der Waals surface area contributed by atoms with Crippen LogP contribution in [0.15, 0.2) is 0 Å². The van der Waals surface area contributed by atoms with E-state index in [4.69, 9.17) is 11.6 Å². The molecule has 0 saturated carbocycles. The summed E-state index contributed by atoms with van der Waals surface area (Å²) in [7, 11) is 0. The Morgan fingerprint density at radius 3 is 2.33 bits per heavy atom. The van der Waals surface area contributed by atoms with E-state index in [9.17, 15) is 0 Å². The van der Waals surface area contributed by atoms with Gasteiger partial charge in [0, 0.05) is 16.9 Å². The van der Waals surface area contributed by atoms with Gasteiger partial charge in [-0.05, 0) is 32.9 Å². The molecule has 0 radical (unpaired) electrons. The van der Waals surface area contributed by atoms with Gasteiger partial charge in [-0.2, -0.15) is 11.8 Å². The van der Waals surface area contributed by atoms with Crippen molar-refractivity contribution in [1.29, 1.82) is 0 Å². The van der Waals surface area contributed by atoms with Crippen molar-refractivity contribution in [2.24, 2.45) is 0 Å². The maximum absolute atomic E-state index is 6.07. The first-order valence-corrected chi connectivity index (χ1v) is 7.88. The van der Waals surface area contributed by atoms with E-state index in [0.29, 0.717) is 11.0 Å². The van der Waals surface area contributed by atoms with Crippen molar-refractivity contribution in [2.75, 3.05) is 18.1 Å². The second kappa shape index (κ2) is 6.62. The molecule has 0 aliphatic carbocycles. The van der Waals surface area contributed by atoms with Crippen molar-refractivity contribution in [3.63, 3.8) is 0 Å². The largest absolute Gasteiger partial charge is 0.368 e. The van der Waals surface area contributed by atoms with Crippen molar-refractivity contribution >= 4 is 29.2 Å². The summed E-state index contributed by atoms with van der Waals surface area (Å²) in [6.07, 6.45) is 4.43. The maximum atomic E-state index is 6.07. The Morgan fingerprint density at radius 1 is 1.22 bits per heavy atom. The quantitative estimate of drug-likeness (QED) is 0.800. The van der Waals surface area contributed by atoms with Gasteiger partial charge in [0.2, 0.25) is 0 Å². The minimum absolute atomic E-state index is 0.262. The summed E-state index contributed by atoms with van der Waals surface area (Å²) in [5, 5.41) is 3.97. The molecule has 1 heterocycles. The lowest BCUT2D eigenvalue weighted by molar-refractivity contribution is 0.573. The number of nitrogens with one attached hydrogen (secondary N) is 1. The molecule has 0 bridgehead atoms. The molecule has 0 aliphatic rings. The fourth-order valence-electron chi connectivity index (χ4n) is 1.87. The summed E-state index contributed by atoms with van der Waals surface area (Å²) >= 11 is 7.99. The second-order valence-electron chi connectivity index (χ2n) is 4.48. The summed E-state index contributed by atoms with van der Waals surface area (Å²) in [6.45, 7) is 9.16. The van der Waals surface area contributed by atoms with Gasteiger partial charge in [-0.1, -0.05) is 25.4 Å². The van der Waals surface area contributed by atoms with Crippen LogP contribution >= 0.6 is 23.4 Å². The van der Waals surface area contributed by atoms with Crippen LogP contribution in [0.25, 0.3) is 0 Å². The van der Waals surface area contributed by atoms with E-state index in [1.165, 1.54) is 0 Å². The van der Waals surface area contributed by atoms with Crippen molar-refractivity contribution in [3.05, 3.63) is 16.5 Å². The minimum Gasteiger partial charge on any atom is -0.368 e. The molecule has 1 rings (SSSR count). The topological polar surface area (TPSA) is 37.8 Å². The lowest BCUT2D eigenvalue weighted by Gasteiger charge is -2.30. The lowest BCUT2D eigenvalue weighted by Crippen LogP contribution is -2.32. The van der Waals surface area contributed by atoms with E-state index < -0.39 is 0 Å². The molecule has 0 atom stereocenters. The van der Waals surface area contributed by atoms with Gasteiger partial charge in [0.1, 0.15) is 16.8 Å². The van der Waals surface area contributed by atoms with Crippen LogP contribution in [0, 0.1) is 13.8 Å². The van der Waals surface area contributed by atoms with Crippen molar-refractivity contribution in [2.45, 2.75) is 45.3 Å². The number of hydrogen-bond acceptors (Lipinski definition) is 4. The minimum atomic E-state index is 0.262. The number of nitrogens with zero attached hydrogens (tertiary/aromatic N) is 2. The van der Waals surface area contributed by atoms with Crippen molar-refractivity contribution in [3.8, 4) is 0 Å². The monoisotopic (exact) mass is 287 g/mol. The molecule has 1 aromatic heterocycles. The third-order valence-corrected chi connectivity index (χ3v) is 5.45. The summed E-state index contributed by atoms with van der Waals surface area (Å²) in [4.78, 5) is 8.57. The molecule has 0 spiro atoms. The zero-order chi connectivity index (χ0) is 13.8. The second-order valence-corrected chi connectivity index (χ2v) is 6.12. The fourth-order valence-corrected chi connectivity index (χ4v) is 2.88. The molecule has 0 amide bonds. The zero-order valence-electron chi connectivity index (χ0n) is 11.8. The summed E-state index contributed by atoms with van der Waals surface area (Å²) in [5.41, 5.74) is 0.921. The van der Waals surface area contributed by atoms with Gasteiger partial charge in [-0.25, -0.2) is 9.97 Å². The first-order valence-electron chi connectivity index (χ1n) is 6.27. The van der Waals surface area contributed by atoms with Gasteiger partial charge in [-0.15, -0.1) is 0 Å². The maximum Gasteiger partial charge on any atom is 0.137 e. The van der Waals surface area contributed by atoms with Crippen LogP contribution in [0.3, 0.4) is 0 Å². The van der Waals surface area contributed by atoms with E-state index in [1.807, 2.05) is 25.6 Å². The van der Waals surface area contributed by atoms with Crippen LogP contribution in [0.4, 0.5) is 5.82 Å². The molecule has 3 nitrogen and oxygen atoms in total. The Kier molecular flexibility index (Phi) is 5.73. The predicted molar refractivity (Wildman–Crippen MR) is 81.8 cm³/mol. The Morgan fingerprint density at radius 2 is 1.83 bits per heavy atom. The van der Waals surface area contributed by atoms with Crippen LogP contribution < -0.4 is 5.32 Å². The number of halogens is 1. The number of aromatic nitrogens is 2. The first-order chi connectivity index (χ1) is 8.48. The predicted octanol–water partition coefficient (Wildman–Crippen LogP) is 4.08. The van der Waals surface area contributed by atoms with Crippen LogP contribution in [0.1, 0.15) is 38.1 Å². The Bertz CT molecular complexity index is 397. The van der Waals surface area contributed by atoms with E-state index in [-0.39, 0.29) is 4.75 Å². The average molecular weight is 288 g/mol. The Hall–Kier alpha value is -0.480. The third kappa shape index (κ3) is 3.51. The van der Waals surface area contributed by atoms with Crippen molar-refractivity contribution < 1.29 is 0 Å². The van der Waals surface area contributed by atoms with Gasteiger partial charge < -0.3 is 5.32 Å². The smallest absolute Gasteiger partial charge is 0.137 e. The standard InChI is InChI=1S/C13H22ClN3S/c1-6-13(7-2,18-5)8-15-12-9(3)11(14)16-10(4)17-12/h6-8H2,1-5H3,(H,15,16,17). The van der Waals surface area contributed by atoms with E-state index in [0.717, 1.165) is 30.8 Å². The summed E-state index contributed by atoms with van der Waals surface area (Å²) in [5.74, 6) is 1.56. The van der Waals surface area contributed by atoms with Crippen LogP contribution in [0.5, 0.6) is 0 Å². The molecule has 0 saturated heterocycles. The SMILES string of the molecule is CCC(CC)(CNc1nc(C)nc(Cl)c1C)SC. The summed E-state index contributed by atoms with van der Waals surface area (Å²) < 4.78 is 0.262. The number of anilines is 1. The number of thioether (sulfide) groups is 1. The van der Waals surface area contributed by atoms with Gasteiger partial charge in [0.25, 0.3) is 0 Å². The van der Waals surface area contributed by atoms with Crippen LogP contribution in [-0.2, 0) is 0 Å². The normalized spacial score (nSPS) is 11.7. The Labute approximate surface area is 119 Å².